The van der Waals surface area contributed by atoms with Crippen LogP contribution in [0, 0.1) is 41.4 Å². The van der Waals surface area contributed by atoms with Crippen LogP contribution in [0.2, 0.25) is 0 Å². The molecule has 4 aliphatic carbocycles. The number of aliphatic hydroxyl groups excluding tert-OH is 1. The Morgan fingerprint density at radius 2 is 1.85 bits per heavy atom. The predicted molar refractivity (Wildman–Crippen MR) is 109 cm³/mol. The second-order valence-electron chi connectivity index (χ2n) is 10.7. The summed E-state index contributed by atoms with van der Waals surface area (Å²) < 4.78 is 5.79. The first-order chi connectivity index (χ1) is 12.9. The van der Waals surface area contributed by atoms with Crippen LogP contribution in [-0.2, 0) is 0 Å². The van der Waals surface area contributed by atoms with E-state index >= 15 is 0 Å². The lowest BCUT2D eigenvalue weighted by molar-refractivity contribution is -0.119. The fraction of sp³-hybridized carbons (Fsp3) is 0.760. The third-order valence-electron chi connectivity index (χ3n) is 9.54. The first-order valence-corrected chi connectivity index (χ1v) is 11.4. The molecule has 1 aromatic heterocycles. The Hall–Kier alpha value is -1.02. The van der Waals surface area contributed by atoms with E-state index in [0.717, 1.165) is 35.7 Å². The van der Waals surface area contributed by atoms with Gasteiger partial charge in [0, 0.05) is 5.41 Å². The molecule has 27 heavy (non-hydrogen) atoms. The second kappa shape index (κ2) is 6.24. The molecule has 1 aromatic rings. The van der Waals surface area contributed by atoms with Gasteiger partial charge in [0.1, 0.15) is 11.5 Å². The highest BCUT2D eigenvalue weighted by molar-refractivity contribution is 5.51. The molecule has 4 aliphatic rings. The summed E-state index contributed by atoms with van der Waals surface area (Å²) in [5, 5.41) is 11.3. The molecule has 0 aliphatic heterocycles. The van der Waals surface area contributed by atoms with Crippen molar-refractivity contribution in [3.8, 4) is 0 Å². The third kappa shape index (κ3) is 2.62. The van der Waals surface area contributed by atoms with Gasteiger partial charge < -0.3 is 9.52 Å². The average molecular weight is 369 g/mol. The van der Waals surface area contributed by atoms with Crippen molar-refractivity contribution in [1.29, 1.82) is 0 Å². The summed E-state index contributed by atoms with van der Waals surface area (Å²) in [7, 11) is 0. The van der Waals surface area contributed by atoms with Gasteiger partial charge in [-0.15, -0.1) is 0 Å². The second-order valence-corrected chi connectivity index (χ2v) is 10.7. The molecule has 2 nitrogen and oxygen atoms in total. The van der Waals surface area contributed by atoms with Crippen LogP contribution in [0.15, 0.2) is 22.1 Å². The van der Waals surface area contributed by atoms with Gasteiger partial charge in [0.05, 0.1) is 6.10 Å². The van der Waals surface area contributed by atoms with Crippen molar-refractivity contribution < 1.29 is 9.52 Å². The molecule has 0 aromatic carbocycles. The molecule has 5 rings (SSSR count). The van der Waals surface area contributed by atoms with E-state index in [1.807, 2.05) is 19.1 Å². The first kappa shape index (κ1) is 18.0. The Balaban J connectivity index is 1.45. The van der Waals surface area contributed by atoms with Crippen LogP contribution < -0.4 is 0 Å². The first-order valence-electron chi connectivity index (χ1n) is 11.4. The minimum atomic E-state index is -0.300. The van der Waals surface area contributed by atoms with E-state index in [2.05, 4.69) is 19.9 Å². The standard InChI is InChI=1S/C25H36O2/c1-16-7-9-19(27-16)14-17-15-22-20-10-8-18-6-4-5-12-24(18,2)21(20)11-13-25(22,3)23(17)26/h7,9,14,18,20-23,26H,4-6,8,10-13,15H2,1-3H3/b17-14+. The zero-order chi connectivity index (χ0) is 18.8. The summed E-state index contributed by atoms with van der Waals surface area (Å²) in [6.45, 7) is 6.99. The molecule has 1 heterocycles. The Kier molecular flexibility index (Phi) is 4.17. The summed E-state index contributed by atoms with van der Waals surface area (Å²) in [4.78, 5) is 0. The zero-order valence-electron chi connectivity index (χ0n) is 17.3. The summed E-state index contributed by atoms with van der Waals surface area (Å²) in [6.07, 6.45) is 14.0. The van der Waals surface area contributed by atoms with E-state index in [4.69, 9.17) is 4.42 Å². The largest absolute Gasteiger partial charge is 0.462 e. The molecule has 7 atom stereocenters. The number of aryl methyl sites for hydroxylation is 1. The molecule has 148 valence electrons. The lowest BCUT2D eigenvalue weighted by Crippen LogP contribution is -2.53. The SMILES string of the molecule is Cc1ccc(/C=C2\CC3C4CCC5CCCCC5(C)C4CCC3(C)C2O)o1. The molecule has 0 saturated heterocycles. The van der Waals surface area contributed by atoms with E-state index in [-0.39, 0.29) is 11.5 Å². The Morgan fingerprint density at radius 1 is 1.00 bits per heavy atom. The van der Waals surface area contributed by atoms with Gasteiger partial charge in [-0.1, -0.05) is 26.7 Å². The quantitative estimate of drug-likeness (QED) is 0.624. The molecular formula is C25H36O2. The van der Waals surface area contributed by atoms with Gasteiger partial charge in [-0.3, -0.25) is 0 Å². The van der Waals surface area contributed by atoms with Crippen LogP contribution in [0.25, 0.3) is 6.08 Å². The molecular weight excluding hydrogens is 332 g/mol. The van der Waals surface area contributed by atoms with Gasteiger partial charge in [0.25, 0.3) is 0 Å². The highest BCUT2D eigenvalue weighted by Gasteiger charge is 2.60. The van der Waals surface area contributed by atoms with Gasteiger partial charge in [-0.05, 0) is 105 Å². The van der Waals surface area contributed by atoms with E-state index in [9.17, 15) is 5.11 Å². The van der Waals surface area contributed by atoms with E-state index in [0.29, 0.717) is 11.3 Å². The minimum Gasteiger partial charge on any atom is -0.462 e. The zero-order valence-corrected chi connectivity index (χ0v) is 17.3. The van der Waals surface area contributed by atoms with Crippen molar-refractivity contribution in [2.75, 3.05) is 0 Å². The number of hydrogen-bond donors (Lipinski definition) is 1. The maximum Gasteiger partial charge on any atom is 0.127 e. The molecule has 0 bridgehead atoms. The summed E-state index contributed by atoms with van der Waals surface area (Å²) in [5.74, 6) is 5.15. The Morgan fingerprint density at radius 3 is 2.63 bits per heavy atom. The highest BCUT2D eigenvalue weighted by atomic mass is 16.3. The monoisotopic (exact) mass is 368 g/mol. The van der Waals surface area contributed by atoms with Crippen LogP contribution in [0.4, 0.5) is 0 Å². The fourth-order valence-corrected chi connectivity index (χ4v) is 8.01. The maximum atomic E-state index is 11.3. The van der Waals surface area contributed by atoms with E-state index in [1.165, 1.54) is 56.9 Å². The lowest BCUT2D eigenvalue weighted by atomic mass is 9.45. The maximum absolute atomic E-state index is 11.3. The lowest BCUT2D eigenvalue weighted by Gasteiger charge is -2.60. The number of rotatable bonds is 1. The Bertz CT molecular complexity index is 745. The van der Waals surface area contributed by atoms with E-state index < -0.39 is 0 Å². The molecule has 4 saturated carbocycles. The topological polar surface area (TPSA) is 33.4 Å². The van der Waals surface area contributed by atoms with Gasteiger partial charge in [0.2, 0.25) is 0 Å². The van der Waals surface area contributed by atoms with Gasteiger partial charge >= 0.3 is 0 Å². The number of aliphatic hydroxyl groups is 1. The third-order valence-corrected chi connectivity index (χ3v) is 9.54. The van der Waals surface area contributed by atoms with Crippen molar-refractivity contribution in [3.63, 3.8) is 0 Å². The fourth-order valence-electron chi connectivity index (χ4n) is 8.01. The summed E-state index contributed by atoms with van der Waals surface area (Å²) in [6, 6.07) is 4.06. The van der Waals surface area contributed by atoms with E-state index in [1.54, 1.807) is 0 Å². The smallest absolute Gasteiger partial charge is 0.127 e. The molecule has 1 N–H and O–H groups in total. The molecule has 0 amide bonds. The van der Waals surface area contributed by atoms with Crippen molar-refractivity contribution >= 4 is 6.08 Å². The van der Waals surface area contributed by atoms with Crippen molar-refractivity contribution in [3.05, 3.63) is 29.2 Å². The van der Waals surface area contributed by atoms with Crippen molar-refractivity contribution in [2.24, 2.45) is 34.5 Å². The molecule has 4 fully saturated rings. The van der Waals surface area contributed by atoms with Crippen LogP contribution in [-0.4, -0.2) is 11.2 Å². The van der Waals surface area contributed by atoms with Crippen LogP contribution in [0.1, 0.15) is 83.2 Å². The highest BCUT2D eigenvalue weighted by Crippen LogP contribution is 2.67. The van der Waals surface area contributed by atoms with Crippen LogP contribution >= 0.6 is 0 Å². The minimum absolute atomic E-state index is 0.0620. The van der Waals surface area contributed by atoms with Gasteiger partial charge in [-0.2, -0.15) is 0 Å². The van der Waals surface area contributed by atoms with Crippen molar-refractivity contribution in [1.82, 2.24) is 0 Å². The molecule has 0 radical (unpaired) electrons. The Labute approximate surface area is 164 Å². The van der Waals surface area contributed by atoms with Gasteiger partial charge in [0.15, 0.2) is 0 Å². The summed E-state index contributed by atoms with van der Waals surface area (Å²) >= 11 is 0. The van der Waals surface area contributed by atoms with Crippen LogP contribution in [0.5, 0.6) is 0 Å². The molecule has 0 spiro atoms. The van der Waals surface area contributed by atoms with Gasteiger partial charge in [-0.25, -0.2) is 0 Å². The number of hydrogen-bond acceptors (Lipinski definition) is 2. The molecule has 2 heteroatoms. The average Bonchev–Trinajstić information content (AvgIpc) is 3.16. The molecule has 7 unspecified atom stereocenters. The van der Waals surface area contributed by atoms with Crippen LogP contribution in [0.3, 0.4) is 0 Å². The predicted octanol–water partition coefficient (Wildman–Crippen LogP) is 6.38. The summed E-state index contributed by atoms with van der Waals surface area (Å²) in [5.41, 5.74) is 1.85. The number of furan rings is 1. The number of fused-ring (bicyclic) bond motifs is 5. The van der Waals surface area contributed by atoms with Crippen molar-refractivity contribution in [2.45, 2.75) is 84.7 Å². The normalized spacial score (nSPS) is 48.1.